The Hall–Kier alpha value is -0.940. The van der Waals surface area contributed by atoms with Crippen LogP contribution in [0.15, 0.2) is 6.33 Å². The van der Waals surface area contributed by atoms with Crippen LogP contribution in [0.25, 0.3) is 0 Å². The van der Waals surface area contributed by atoms with Crippen LogP contribution in [0, 0.1) is 5.92 Å². The van der Waals surface area contributed by atoms with Crippen molar-refractivity contribution >= 4 is 0 Å². The van der Waals surface area contributed by atoms with Gasteiger partial charge in [0.05, 0.1) is 6.61 Å². The predicted octanol–water partition coefficient (Wildman–Crippen LogP) is 1.77. The molecule has 1 aromatic heterocycles. The first kappa shape index (κ1) is 13.1. The average Bonchev–Trinajstić information content (AvgIpc) is 3.08. The van der Waals surface area contributed by atoms with E-state index in [-0.39, 0.29) is 6.10 Å². The molecule has 2 fully saturated rings. The molecule has 0 radical (unpaired) electrons. The van der Waals surface area contributed by atoms with E-state index in [4.69, 9.17) is 4.74 Å². The molecule has 0 bridgehead atoms. The Kier molecular flexibility index (Phi) is 4.13. The lowest BCUT2D eigenvalue weighted by Crippen LogP contribution is -2.40. The first-order valence-corrected chi connectivity index (χ1v) is 7.51. The molecule has 5 heteroatoms. The Morgan fingerprint density at radius 2 is 2.21 bits per heavy atom. The van der Waals surface area contributed by atoms with Crippen molar-refractivity contribution in [2.45, 2.75) is 38.2 Å². The van der Waals surface area contributed by atoms with Crippen molar-refractivity contribution in [3.05, 3.63) is 12.2 Å². The molecule has 1 aliphatic carbocycles. The summed E-state index contributed by atoms with van der Waals surface area (Å²) in [5, 5.41) is 8.12. The normalized spacial score (nSPS) is 26.1. The van der Waals surface area contributed by atoms with Gasteiger partial charge in [-0.25, -0.2) is 0 Å². The molecule has 1 atom stereocenters. The summed E-state index contributed by atoms with van der Waals surface area (Å²) < 4.78 is 7.80. The lowest BCUT2D eigenvalue weighted by molar-refractivity contribution is -0.0369. The highest BCUT2D eigenvalue weighted by Gasteiger charge is 2.26. The number of aromatic nitrogens is 3. The van der Waals surface area contributed by atoms with Gasteiger partial charge in [0.1, 0.15) is 12.4 Å². The summed E-state index contributed by atoms with van der Waals surface area (Å²) in [4.78, 5) is 2.53. The zero-order chi connectivity index (χ0) is 13.1. The van der Waals surface area contributed by atoms with Crippen molar-refractivity contribution in [2.24, 2.45) is 13.0 Å². The Balaban J connectivity index is 1.51. The van der Waals surface area contributed by atoms with Gasteiger partial charge in [0, 0.05) is 20.1 Å². The summed E-state index contributed by atoms with van der Waals surface area (Å²) in [5.74, 6) is 1.92. The predicted molar refractivity (Wildman–Crippen MR) is 72.7 cm³/mol. The Labute approximate surface area is 114 Å². The van der Waals surface area contributed by atoms with E-state index in [0.29, 0.717) is 0 Å². The molecule has 0 N–H and O–H groups in total. The summed E-state index contributed by atoms with van der Waals surface area (Å²) in [5.41, 5.74) is 0. The molecule has 5 nitrogen and oxygen atoms in total. The molecule has 2 heterocycles. The number of hydrogen-bond donors (Lipinski definition) is 0. The fourth-order valence-corrected chi connectivity index (χ4v) is 3.31. The molecule has 1 saturated heterocycles. The Morgan fingerprint density at radius 3 is 2.95 bits per heavy atom. The van der Waals surface area contributed by atoms with Gasteiger partial charge in [-0.2, -0.15) is 0 Å². The van der Waals surface area contributed by atoms with Crippen molar-refractivity contribution in [1.82, 2.24) is 19.7 Å². The van der Waals surface area contributed by atoms with E-state index in [9.17, 15) is 0 Å². The van der Waals surface area contributed by atoms with E-state index in [2.05, 4.69) is 15.1 Å². The fraction of sp³-hybridized carbons (Fsp3) is 0.857. The van der Waals surface area contributed by atoms with Crippen LogP contribution in [-0.4, -0.2) is 45.9 Å². The maximum atomic E-state index is 5.84. The zero-order valence-electron chi connectivity index (χ0n) is 11.8. The van der Waals surface area contributed by atoms with Crippen LogP contribution in [0.3, 0.4) is 0 Å². The average molecular weight is 264 g/mol. The SMILES string of the molecule is Cn1cnnc1[C@@H]1CN(CCC2CCCC2)CCO1. The molecule has 0 aromatic carbocycles. The molecule has 19 heavy (non-hydrogen) atoms. The maximum Gasteiger partial charge on any atom is 0.163 e. The fourth-order valence-electron chi connectivity index (χ4n) is 3.31. The second-order valence-corrected chi connectivity index (χ2v) is 5.90. The molecule has 2 aliphatic rings. The molecule has 0 unspecified atom stereocenters. The Morgan fingerprint density at radius 1 is 1.37 bits per heavy atom. The molecule has 0 spiro atoms. The van der Waals surface area contributed by atoms with Gasteiger partial charge in [-0.1, -0.05) is 25.7 Å². The van der Waals surface area contributed by atoms with E-state index in [1.165, 1.54) is 38.6 Å². The van der Waals surface area contributed by atoms with Gasteiger partial charge in [-0.3, -0.25) is 4.90 Å². The molecule has 0 amide bonds. The minimum absolute atomic E-state index is 0.0878. The van der Waals surface area contributed by atoms with Gasteiger partial charge >= 0.3 is 0 Å². The van der Waals surface area contributed by atoms with Crippen molar-refractivity contribution < 1.29 is 4.74 Å². The van der Waals surface area contributed by atoms with E-state index in [0.717, 1.165) is 31.4 Å². The van der Waals surface area contributed by atoms with Crippen LogP contribution in [0.2, 0.25) is 0 Å². The molecule has 1 aromatic rings. The minimum atomic E-state index is 0.0878. The van der Waals surface area contributed by atoms with Gasteiger partial charge in [0.2, 0.25) is 0 Å². The minimum Gasteiger partial charge on any atom is -0.368 e. The third-order valence-corrected chi connectivity index (χ3v) is 4.51. The van der Waals surface area contributed by atoms with Crippen LogP contribution < -0.4 is 0 Å². The smallest absolute Gasteiger partial charge is 0.163 e. The van der Waals surface area contributed by atoms with Crippen molar-refractivity contribution in [1.29, 1.82) is 0 Å². The number of nitrogens with zero attached hydrogens (tertiary/aromatic N) is 4. The number of aryl methyl sites for hydroxylation is 1. The zero-order valence-corrected chi connectivity index (χ0v) is 11.8. The third-order valence-electron chi connectivity index (χ3n) is 4.51. The molecule has 106 valence electrons. The van der Waals surface area contributed by atoms with Crippen molar-refractivity contribution in [3.63, 3.8) is 0 Å². The van der Waals surface area contributed by atoms with Crippen LogP contribution in [0.5, 0.6) is 0 Å². The molecule has 1 aliphatic heterocycles. The third kappa shape index (κ3) is 3.15. The van der Waals surface area contributed by atoms with Crippen LogP contribution in [0.1, 0.15) is 44.0 Å². The van der Waals surface area contributed by atoms with Gasteiger partial charge in [-0.05, 0) is 18.9 Å². The van der Waals surface area contributed by atoms with Gasteiger partial charge in [0.15, 0.2) is 5.82 Å². The lowest BCUT2D eigenvalue weighted by atomic mass is 10.0. The molecular formula is C14H24N4O. The monoisotopic (exact) mass is 264 g/mol. The number of hydrogen-bond acceptors (Lipinski definition) is 4. The highest BCUT2D eigenvalue weighted by molar-refractivity contribution is 4.94. The van der Waals surface area contributed by atoms with Crippen LogP contribution in [0.4, 0.5) is 0 Å². The van der Waals surface area contributed by atoms with Gasteiger partial charge < -0.3 is 9.30 Å². The summed E-state index contributed by atoms with van der Waals surface area (Å²) in [6, 6.07) is 0. The second-order valence-electron chi connectivity index (χ2n) is 5.90. The van der Waals surface area contributed by atoms with E-state index < -0.39 is 0 Å². The summed E-state index contributed by atoms with van der Waals surface area (Å²) in [6.45, 7) is 4.03. The molecule has 3 rings (SSSR count). The first-order valence-electron chi connectivity index (χ1n) is 7.51. The summed E-state index contributed by atoms with van der Waals surface area (Å²) in [6.07, 6.45) is 8.95. The topological polar surface area (TPSA) is 43.2 Å². The van der Waals surface area contributed by atoms with Gasteiger partial charge in [-0.15, -0.1) is 10.2 Å². The van der Waals surface area contributed by atoms with E-state index in [1.807, 2.05) is 11.6 Å². The highest BCUT2D eigenvalue weighted by Crippen LogP contribution is 2.28. The van der Waals surface area contributed by atoms with Crippen molar-refractivity contribution in [3.8, 4) is 0 Å². The largest absolute Gasteiger partial charge is 0.368 e. The number of rotatable bonds is 4. The number of ether oxygens (including phenoxy) is 1. The summed E-state index contributed by atoms with van der Waals surface area (Å²) in [7, 11) is 1.98. The molecule has 1 saturated carbocycles. The van der Waals surface area contributed by atoms with Gasteiger partial charge in [0.25, 0.3) is 0 Å². The number of morpholine rings is 1. The Bertz CT molecular complexity index is 400. The first-order chi connectivity index (χ1) is 9.33. The highest BCUT2D eigenvalue weighted by atomic mass is 16.5. The summed E-state index contributed by atoms with van der Waals surface area (Å²) >= 11 is 0. The van der Waals surface area contributed by atoms with Crippen LogP contribution >= 0.6 is 0 Å². The lowest BCUT2D eigenvalue weighted by Gasteiger charge is -2.32. The van der Waals surface area contributed by atoms with Crippen molar-refractivity contribution in [2.75, 3.05) is 26.2 Å². The second kappa shape index (κ2) is 6.01. The standard InChI is InChI=1S/C14H24N4O/c1-17-11-15-16-14(17)13-10-18(8-9-19-13)7-6-12-4-2-3-5-12/h11-13H,2-10H2,1H3/t13-/m0/s1. The molecular weight excluding hydrogens is 240 g/mol. The van der Waals surface area contributed by atoms with E-state index >= 15 is 0 Å². The van der Waals surface area contributed by atoms with E-state index in [1.54, 1.807) is 6.33 Å². The maximum absolute atomic E-state index is 5.84. The quantitative estimate of drug-likeness (QED) is 0.831. The van der Waals surface area contributed by atoms with Crippen LogP contribution in [-0.2, 0) is 11.8 Å².